The quantitative estimate of drug-likeness (QED) is 0.716. The Labute approximate surface area is 102 Å². The van der Waals surface area contributed by atoms with Gasteiger partial charge in [0.15, 0.2) is 0 Å². The predicted molar refractivity (Wildman–Crippen MR) is 67.8 cm³/mol. The molecule has 1 saturated heterocycles. The molecule has 94 valence electrons. The van der Waals surface area contributed by atoms with Gasteiger partial charge in [-0.3, -0.25) is 4.79 Å². The van der Waals surface area contributed by atoms with E-state index in [0.29, 0.717) is 18.5 Å². The predicted octanol–water partition coefficient (Wildman–Crippen LogP) is 0.479. The molecule has 0 aromatic heterocycles. The smallest absolute Gasteiger partial charge is 0.227 e. The molecule has 16 heavy (non-hydrogen) atoms. The van der Waals surface area contributed by atoms with Crippen molar-refractivity contribution >= 4 is 17.7 Å². The highest BCUT2D eigenvalue weighted by molar-refractivity contribution is 7.99. The molecule has 0 spiro atoms. The summed E-state index contributed by atoms with van der Waals surface area (Å²) in [6.45, 7) is 6.94. The monoisotopic (exact) mass is 246 g/mol. The standard InChI is InChI=1S/C11H22N2O2S/c1-4-12-10-7-15-6-9(10)11(14)13-5-8(2)16-3/h8-10,12H,4-7H2,1-3H3,(H,13,14). The Morgan fingerprint density at radius 2 is 2.31 bits per heavy atom. The summed E-state index contributed by atoms with van der Waals surface area (Å²) in [7, 11) is 0. The maximum atomic E-state index is 11.9. The van der Waals surface area contributed by atoms with Crippen LogP contribution in [0.2, 0.25) is 0 Å². The first-order valence-corrected chi connectivity index (χ1v) is 7.09. The van der Waals surface area contributed by atoms with Crippen LogP contribution in [0.3, 0.4) is 0 Å². The van der Waals surface area contributed by atoms with Crippen molar-refractivity contribution in [3.8, 4) is 0 Å². The van der Waals surface area contributed by atoms with Crippen molar-refractivity contribution in [1.29, 1.82) is 0 Å². The highest BCUT2D eigenvalue weighted by Crippen LogP contribution is 2.14. The van der Waals surface area contributed by atoms with Crippen molar-refractivity contribution < 1.29 is 9.53 Å². The van der Waals surface area contributed by atoms with Gasteiger partial charge >= 0.3 is 0 Å². The van der Waals surface area contributed by atoms with E-state index >= 15 is 0 Å². The zero-order valence-electron chi connectivity index (χ0n) is 10.3. The molecule has 1 aliphatic heterocycles. The highest BCUT2D eigenvalue weighted by Gasteiger charge is 2.33. The van der Waals surface area contributed by atoms with Crippen LogP contribution in [0.5, 0.6) is 0 Å². The van der Waals surface area contributed by atoms with Crippen molar-refractivity contribution in [3.05, 3.63) is 0 Å². The fraction of sp³-hybridized carbons (Fsp3) is 0.909. The molecule has 0 aromatic carbocycles. The fourth-order valence-corrected chi connectivity index (χ4v) is 1.98. The Balaban J connectivity index is 2.34. The van der Waals surface area contributed by atoms with Gasteiger partial charge in [0.25, 0.3) is 0 Å². The number of hydrogen-bond acceptors (Lipinski definition) is 4. The van der Waals surface area contributed by atoms with E-state index < -0.39 is 0 Å². The van der Waals surface area contributed by atoms with Gasteiger partial charge < -0.3 is 15.4 Å². The van der Waals surface area contributed by atoms with Gasteiger partial charge in [0, 0.05) is 17.8 Å². The number of ether oxygens (including phenoxy) is 1. The summed E-state index contributed by atoms with van der Waals surface area (Å²) in [5.74, 6) is 0.0818. The van der Waals surface area contributed by atoms with Gasteiger partial charge in [-0.25, -0.2) is 0 Å². The highest BCUT2D eigenvalue weighted by atomic mass is 32.2. The Hall–Kier alpha value is -0.260. The molecule has 1 aliphatic rings. The number of thioether (sulfide) groups is 1. The summed E-state index contributed by atoms with van der Waals surface area (Å²) in [6, 6.07) is 0.176. The van der Waals surface area contributed by atoms with Gasteiger partial charge in [0.05, 0.1) is 19.1 Å². The van der Waals surface area contributed by atoms with E-state index in [4.69, 9.17) is 4.74 Å². The molecule has 1 fully saturated rings. The van der Waals surface area contributed by atoms with E-state index in [-0.39, 0.29) is 17.9 Å². The number of likely N-dealkylation sites (N-methyl/N-ethyl adjacent to an activating group) is 1. The minimum absolute atomic E-state index is 0.0333. The van der Waals surface area contributed by atoms with E-state index in [1.807, 2.05) is 6.92 Å². The number of rotatable bonds is 6. The average molecular weight is 246 g/mol. The van der Waals surface area contributed by atoms with Gasteiger partial charge in [-0.2, -0.15) is 11.8 Å². The van der Waals surface area contributed by atoms with Crippen molar-refractivity contribution in [1.82, 2.24) is 10.6 Å². The average Bonchev–Trinajstić information content (AvgIpc) is 2.74. The fourth-order valence-electron chi connectivity index (χ4n) is 1.73. The number of nitrogens with one attached hydrogen (secondary N) is 2. The lowest BCUT2D eigenvalue weighted by Crippen LogP contribution is -2.45. The summed E-state index contributed by atoms with van der Waals surface area (Å²) in [6.07, 6.45) is 2.05. The molecular weight excluding hydrogens is 224 g/mol. The lowest BCUT2D eigenvalue weighted by Gasteiger charge is -2.18. The molecule has 1 heterocycles. The number of amides is 1. The minimum atomic E-state index is -0.0333. The molecule has 0 bridgehead atoms. The third kappa shape index (κ3) is 3.96. The van der Waals surface area contributed by atoms with Gasteiger partial charge in [-0.05, 0) is 12.8 Å². The molecule has 5 heteroatoms. The Morgan fingerprint density at radius 3 is 2.94 bits per heavy atom. The lowest BCUT2D eigenvalue weighted by atomic mass is 10.0. The summed E-state index contributed by atoms with van der Waals surface area (Å²) in [4.78, 5) is 11.9. The van der Waals surface area contributed by atoms with Gasteiger partial charge in [0.1, 0.15) is 0 Å². The molecule has 3 atom stereocenters. The van der Waals surface area contributed by atoms with Crippen molar-refractivity contribution in [2.45, 2.75) is 25.1 Å². The zero-order chi connectivity index (χ0) is 12.0. The van der Waals surface area contributed by atoms with Gasteiger partial charge in [-0.15, -0.1) is 0 Å². The second-order valence-corrected chi connectivity index (χ2v) is 5.38. The number of carbonyl (C=O) groups is 1. The first kappa shape index (κ1) is 13.8. The largest absolute Gasteiger partial charge is 0.379 e. The van der Waals surface area contributed by atoms with Crippen molar-refractivity contribution in [3.63, 3.8) is 0 Å². The Bertz CT molecular complexity index is 226. The molecule has 3 unspecified atom stereocenters. The molecule has 0 aromatic rings. The maximum Gasteiger partial charge on any atom is 0.227 e. The summed E-state index contributed by atoms with van der Waals surface area (Å²) >= 11 is 1.76. The molecule has 0 saturated carbocycles. The van der Waals surface area contributed by atoms with Crippen LogP contribution in [-0.2, 0) is 9.53 Å². The van der Waals surface area contributed by atoms with E-state index in [0.717, 1.165) is 13.1 Å². The summed E-state index contributed by atoms with van der Waals surface area (Å²) in [5, 5.41) is 6.73. The van der Waals surface area contributed by atoms with Crippen molar-refractivity contribution in [2.75, 3.05) is 32.6 Å². The number of hydrogen-bond donors (Lipinski definition) is 2. The third-order valence-electron chi connectivity index (χ3n) is 2.85. The molecule has 0 radical (unpaired) electrons. The van der Waals surface area contributed by atoms with Crippen LogP contribution in [0.4, 0.5) is 0 Å². The second-order valence-electron chi connectivity index (χ2n) is 4.10. The van der Waals surface area contributed by atoms with Crippen LogP contribution < -0.4 is 10.6 Å². The third-order valence-corrected chi connectivity index (χ3v) is 3.82. The van der Waals surface area contributed by atoms with Gasteiger partial charge in [-0.1, -0.05) is 13.8 Å². The van der Waals surface area contributed by atoms with Crippen molar-refractivity contribution in [2.24, 2.45) is 5.92 Å². The van der Waals surface area contributed by atoms with E-state index in [1.54, 1.807) is 11.8 Å². The first-order valence-electron chi connectivity index (χ1n) is 5.80. The Morgan fingerprint density at radius 1 is 1.56 bits per heavy atom. The topological polar surface area (TPSA) is 50.4 Å². The minimum Gasteiger partial charge on any atom is -0.379 e. The lowest BCUT2D eigenvalue weighted by molar-refractivity contribution is -0.125. The SMILES string of the molecule is CCNC1COCC1C(=O)NCC(C)SC. The number of carbonyl (C=O) groups excluding carboxylic acids is 1. The van der Waals surface area contributed by atoms with Crippen LogP contribution in [0.15, 0.2) is 0 Å². The van der Waals surface area contributed by atoms with Gasteiger partial charge in [0.2, 0.25) is 5.91 Å². The van der Waals surface area contributed by atoms with Crippen LogP contribution in [-0.4, -0.2) is 49.8 Å². The van der Waals surface area contributed by atoms with E-state index in [9.17, 15) is 4.79 Å². The summed E-state index contributed by atoms with van der Waals surface area (Å²) < 4.78 is 5.35. The van der Waals surface area contributed by atoms with Crippen LogP contribution in [0.25, 0.3) is 0 Å². The zero-order valence-corrected chi connectivity index (χ0v) is 11.1. The second kappa shape index (κ2) is 7.14. The Kier molecular flexibility index (Phi) is 6.16. The van der Waals surface area contributed by atoms with E-state index in [1.165, 1.54) is 0 Å². The first-order chi connectivity index (χ1) is 7.69. The molecule has 4 nitrogen and oxygen atoms in total. The summed E-state index contributed by atoms with van der Waals surface area (Å²) in [5.41, 5.74) is 0. The molecular formula is C11H22N2O2S. The molecule has 0 aliphatic carbocycles. The van der Waals surface area contributed by atoms with Crippen LogP contribution in [0, 0.1) is 5.92 Å². The molecule has 2 N–H and O–H groups in total. The maximum absolute atomic E-state index is 11.9. The normalized spacial score (nSPS) is 26.7. The molecule has 1 amide bonds. The van der Waals surface area contributed by atoms with Crippen LogP contribution >= 0.6 is 11.8 Å². The van der Waals surface area contributed by atoms with E-state index in [2.05, 4.69) is 23.8 Å². The molecule has 1 rings (SSSR count). The van der Waals surface area contributed by atoms with Crippen LogP contribution in [0.1, 0.15) is 13.8 Å².